The molecular formula is C13H15NO2. The van der Waals surface area contributed by atoms with Crippen LogP contribution in [0.2, 0.25) is 0 Å². The third-order valence-corrected chi connectivity index (χ3v) is 2.41. The van der Waals surface area contributed by atoms with E-state index in [1.165, 1.54) is 11.1 Å². The SMILES string of the molecule is Cc1cccc(Cc2nc(CCO)co2)c1. The van der Waals surface area contributed by atoms with Gasteiger partial charge in [0.15, 0.2) is 5.89 Å². The molecule has 2 rings (SSSR count). The maximum absolute atomic E-state index is 8.77. The summed E-state index contributed by atoms with van der Waals surface area (Å²) in [6, 6.07) is 8.28. The van der Waals surface area contributed by atoms with E-state index in [4.69, 9.17) is 9.52 Å². The Morgan fingerprint density at radius 1 is 1.38 bits per heavy atom. The molecule has 0 aliphatic carbocycles. The second-order valence-corrected chi connectivity index (χ2v) is 3.87. The Bertz CT molecular complexity index is 462. The smallest absolute Gasteiger partial charge is 0.198 e. The Morgan fingerprint density at radius 3 is 3.00 bits per heavy atom. The lowest BCUT2D eigenvalue weighted by molar-refractivity contribution is 0.298. The van der Waals surface area contributed by atoms with Crippen LogP contribution in [0.5, 0.6) is 0 Å². The van der Waals surface area contributed by atoms with Crippen LogP contribution in [0.3, 0.4) is 0 Å². The monoisotopic (exact) mass is 217 g/mol. The molecule has 0 unspecified atom stereocenters. The fourth-order valence-corrected chi connectivity index (χ4v) is 1.66. The molecule has 0 bridgehead atoms. The summed E-state index contributed by atoms with van der Waals surface area (Å²) in [7, 11) is 0. The standard InChI is InChI=1S/C13H15NO2/c1-10-3-2-4-11(7-10)8-13-14-12(5-6-15)9-16-13/h2-4,7,9,15H,5-6,8H2,1H3. The third-order valence-electron chi connectivity index (χ3n) is 2.41. The summed E-state index contributed by atoms with van der Waals surface area (Å²) < 4.78 is 5.34. The predicted molar refractivity (Wildman–Crippen MR) is 61.3 cm³/mol. The van der Waals surface area contributed by atoms with E-state index < -0.39 is 0 Å². The number of aromatic nitrogens is 1. The minimum Gasteiger partial charge on any atom is -0.448 e. The van der Waals surface area contributed by atoms with Gasteiger partial charge in [-0.2, -0.15) is 0 Å². The Hall–Kier alpha value is -1.61. The average molecular weight is 217 g/mol. The highest BCUT2D eigenvalue weighted by atomic mass is 16.3. The summed E-state index contributed by atoms with van der Waals surface area (Å²) in [4.78, 5) is 4.30. The average Bonchev–Trinajstić information content (AvgIpc) is 2.66. The number of hydrogen-bond donors (Lipinski definition) is 1. The first-order chi connectivity index (χ1) is 7.78. The zero-order chi connectivity index (χ0) is 11.4. The van der Waals surface area contributed by atoms with Gasteiger partial charge in [0.25, 0.3) is 0 Å². The Kier molecular flexibility index (Phi) is 3.37. The van der Waals surface area contributed by atoms with Gasteiger partial charge in [-0.1, -0.05) is 29.8 Å². The zero-order valence-corrected chi connectivity index (χ0v) is 9.31. The van der Waals surface area contributed by atoms with Crippen molar-refractivity contribution in [2.45, 2.75) is 19.8 Å². The molecule has 0 saturated heterocycles. The lowest BCUT2D eigenvalue weighted by atomic mass is 10.1. The van der Waals surface area contributed by atoms with Gasteiger partial charge in [-0.25, -0.2) is 4.98 Å². The zero-order valence-electron chi connectivity index (χ0n) is 9.31. The van der Waals surface area contributed by atoms with E-state index in [0.29, 0.717) is 18.7 Å². The maximum atomic E-state index is 8.77. The number of benzene rings is 1. The molecular weight excluding hydrogens is 202 g/mol. The number of oxazole rings is 1. The van der Waals surface area contributed by atoms with Crippen LogP contribution >= 0.6 is 0 Å². The van der Waals surface area contributed by atoms with Crippen LogP contribution < -0.4 is 0 Å². The number of aryl methyl sites for hydroxylation is 1. The van der Waals surface area contributed by atoms with Crippen molar-refractivity contribution in [2.75, 3.05) is 6.61 Å². The largest absolute Gasteiger partial charge is 0.448 e. The van der Waals surface area contributed by atoms with Crippen LogP contribution in [-0.2, 0) is 12.8 Å². The lowest BCUT2D eigenvalue weighted by Gasteiger charge is -1.98. The van der Waals surface area contributed by atoms with Crippen molar-refractivity contribution < 1.29 is 9.52 Å². The van der Waals surface area contributed by atoms with Gasteiger partial charge in [-0.3, -0.25) is 0 Å². The topological polar surface area (TPSA) is 46.3 Å². The van der Waals surface area contributed by atoms with Crippen molar-refractivity contribution in [3.05, 3.63) is 53.2 Å². The quantitative estimate of drug-likeness (QED) is 0.853. The van der Waals surface area contributed by atoms with Crippen LogP contribution in [-0.4, -0.2) is 16.7 Å². The first-order valence-corrected chi connectivity index (χ1v) is 5.37. The van der Waals surface area contributed by atoms with Gasteiger partial charge >= 0.3 is 0 Å². The van der Waals surface area contributed by atoms with Gasteiger partial charge in [0.1, 0.15) is 6.26 Å². The molecule has 1 N–H and O–H groups in total. The first-order valence-electron chi connectivity index (χ1n) is 5.37. The van der Waals surface area contributed by atoms with Crippen molar-refractivity contribution in [2.24, 2.45) is 0 Å². The molecule has 3 nitrogen and oxygen atoms in total. The molecule has 1 aromatic carbocycles. The molecule has 84 valence electrons. The number of hydrogen-bond acceptors (Lipinski definition) is 3. The Labute approximate surface area is 94.8 Å². The summed E-state index contributed by atoms with van der Waals surface area (Å²) in [5, 5.41) is 8.77. The van der Waals surface area contributed by atoms with E-state index in [-0.39, 0.29) is 6.61 Å². The highest BCUT2D eigenvalue weighted by Gasteiger charge is 2.04. The molecule has 0 amide bonds. The van der Waals surface area contributed by atoms with Crippen LogP contribution in [0, 0.1) is 6.92 Å². The van der Waals surface area contributed by atoms with Gasteiger partial charge in [0.05, 0.1) is 5.69 Å². The summed E-state index contributed by atoms with van der Waals surface area (Å²) in [6.45, 7) is 2.17. The van der Waals surface area contributed by atoms with E-state index in [9.17, 15) is 0 Å². The highest BCUT2D eigenvalue weighted by Crippen LogP contribution is 2.11. The fraction of sp³-hybridized carbons (Fsp3) is 0.308. The van der Waals surface area contributed by atoms with E-state index in [1.807, 2.05) is 6.07 Å². The van der Waals surface area contributed by atoms with Crippen molar-refractivity contribution >= 4 is 0 Å². The van der Waals surface area contributed by atoms with Gasteiger partial charge in [-0.05, 0) is 12.5 Å². The Morgan fingerprint density at radius 2 is 2.25 bits per heavy atom. The van der Waals surface area contributed by atoms with Gasteiger partial charge in [0.2, 0.25) is 0 Å². The first kappa shape index (κ1) is 10.9. The normalized spacial score (nSPS) is 10.6. The minimum atomic E-state index is 0.108. The van der Waals surface area contributed by atoms with Crippen molar-refractivity contribution in [1.29, 1.82) is 0 Å². The molecule has 16 heavy (non-hydrogen) atoms. The molecule has 1 heterocycles. The third kappa shape index (κ3) is 2.70. The molecule has 3 heteroatoms. The maximum Gasteiger partial charge on any atom is 0.198 e. The molecule has 0 spiro atoms. The van der Waals surface area contributed by atoms with E-state index in [2.05, 4.69) is 30.1 Å². The predicted octanol–water partition coefficient (Wildman–Crippen LogP) is 2.11. The van der Waals surface area contributed by atoms with Crippen LogP contribution in [0.4, 0.5) is 0 Å². The van der Waals surface area contributed by atoms with Crippen molar-refractivity contribution in [3.8, 4) is 0 Å². The van der Waals surface area contributed by atoms with Crippen LogP contribution in [0.1, 0.15) is 22.7 Å². The van der Waals surface area contributed by atoms with Crippen molar-refractivity contribution in [3.63, 3.8) is 0 Å². The number of aliphatic hydroxyl groups excluding tert-OH is 1. The molecule has 0 aliphatic heterocycles. The van der Waals surface area contributed by atoms with Crippen LogP contribution in [0.15, 0.2) is 34.9 Å². The summed E-state index contributed by atoms with van der Waals surface area (Å²) >= 11 is 0. The number of rotatable bonds is 4. The molecule has 0 saturated carbocycles. The number of aliphatic hydroxyl groups is 1. The highest BCUT2D eigenvalue weighted by molar-refractivity contribution is 5.24. The van der Waals surface area contributed by atoms with E-state index in [0.717, 1.165) is 5.69 Å². The molecule has 0 atom stereocenters. The fourth-order valence-electron chi connectivity index (χ4n) is 1.66. The lowest BCUT2D eigenvalue weighted by Crippen LogP contribution is -1.93. The van der Waals surface area contributed by atoms with Crippen LogP contribution in [0.25, 0.3) is 0 Å². The number of nitrogens with zero attached hydrogens (tertiary/aromatic N) is 1. The summed E-state index contributed by atoms with van der Waals surface area (Å²) in [5.74, 6) is 0.703. The molecule has 2 aromatic rings. The second kappa shape index (κ2) is 4.94. The Balaban J connectivity index is 2.08. The molecule has 0 aliphatic rings. The van der Waals surface area contributed by atoms with E-state index >= 15 is 0 Å². The molecule has 0 radical (unpaired) electrons. The molecule has 0 fully saturated rings. The van der Waals surface area contributed by atoms with Gasteiger partial charge in [-0.15, -0.1) is 0 Å². The van der Waals surface area contributed by atoms with E-state index in [1.54, 1.807) is 6.26 Å². The summed E-state index contributed by atoms with van der Waals surface area (Å²) in [5.41, 5.74) is 3.24. The minimum absolute atomic E-state index is 0.108. The summed E-state index contributed by atoms with van der Waals surface area (Å²) in [6.07, 6.45) is 2.87. The van der Waals surface area contributed by atoms with Gasteiger partial charge < -0.3 is 9.52 Å². The second-order valence-electron chi connectivity index (χ2n) is 3.87. The van der Waals surface area contributed by atoms with Gasteiger partial charge in [0, 0.05) is 19.4 Å². The molecule has 1 aromatic heterocycles. The van der Waals surface area contributed by atoms with Crippen molar-refractivity contribution in [1.82, 2.24) is 4.98 Å².